The van der Waals surface area contributed by atoms with Crippen molar-refractivity contribution < 1.29 is 4.79 Å². The summed E-state index contributed by atoms with van der Waals surface area (Å²) < 4.78 is 0. The molecule has 0 heterocycles. The maximum Gasteiger partial charge on any atom is 0.223 e. The van der Waals surface area contributed by atoms with Gasteiger partial charge in [-0.15, -0.1) is 0 Å². The summed E-state index contributed by atoms with van der Waals surface area (Å²) in [6.45, 7) is 5.09. The lowest BCUT2D eigenvalue weighted by molar-refractivity contribution is -0.120. The summed E-state index contributed by atoms with van der Waals surface area (Å²) in [7, 11) is 0. The van der Waals surface area contributed by atoms with E-state index in [1.165, 1.54) is 5.57 Å². The van der Waals surface area contributed by atoms with E-state index in [-0.39, 0.29) is 11.8 Å². The fraction of sp³-hybridized carbons (Fsp3) is 0.571. The molecular weight excluding hydrogens is 226 g/mol. The van der Waals surface area contributed by atoms with Gasteiger partial charge in [0, 0.05) is 25.9 Å². The minimum Gasteiger partial charge on any atom is -0.355 e. The number of allylic oxidation sites excluding steroid dienone is 3. The molecule has 4 heteroatoms. The van der Waals surface area contributed by atoms with Crippen LogP contribution >= 0.6 is 0 Å². The molecule has 0 saturated carbocycles. The van der Waals surface area contributed by atoms with Gasteiger partial charge in [-0.1, -0.05) is 37.6 Å². The molecule has 18 heavy (non-hydrogen) atoms. The van der Waals surface area contributed by atoms with Crippen LogP contribution in [0, 0.1) is 17.2 Å². The van der Waals surface area contributed by atoms with Crippen LogP contribution in [0.5, 0.6) is 0 Å². The number of nitriles is 1. The first kappa shape index (κ1) is 16.4. The highest BCUT2D eigenvalue weighted by Gasteiger charge is 2.04. The largest absolute Gasteiger partial charge is 0.355 e. The van der Waals surface area contributed by atoms with Crippen molar-refractivity contribution in [2.75, 3.05) is 13.1 Å². The van der Waals surface area contributed by atoms with Crippen LogP contribution in [0.25, 0.3) is 0 Å². The average Bonchev–Trinajstić information content (AvgIpc) is 2.36. The van der Waals surface area contributed by atoms with Crippen molar-refractivity contribution in [3.63, 3.8) is 0 Å². The van der Waals surface area contributed by atoms with Gasteiger partial charge in [-0.05, 0) is 12.3 Å². The van der Waals surface area contributed by atoms with Crippen LogP contribution in [0.3, 0.4) is 0 Å². The maximum atomic E-state index is 11.3. The summed E-state index contributed by atoms with van der Waals surface area (Å²) >= 11 is 0. The number of nitrogens with one attached hydrogen (secondary N) is 1. The lowest BCUT2D eigenvalue weighted by atomic mass is 9.96. The van der Waals surface area contributed by atoms with Gasteiger partial charge < -0.3 is 11.1 Å². The maximum absolute atomic E-state index is 11.3. The highest BCUT2D eigenvalue weighted by Crippen LogP contribution is 2.17. The van der Waals surface area contributed by atoms with Gasteiger partial charge in [-0.2, -0.15) is 5.26 Å². The van der Waals surface area contributed by atoms with Crippen LogP contribution in [0.15, 0.2) is 23.8 Å². The van der Waals surface area contributed by atoms with Crippen LogP contribution in [0.2, 0.25) is 0 Å². The molecule has 0 spiro atoms. The van der Waals surface area contributed by atoms with E-state index < -0.39 is 0 Å². The highest BCUT2D eigenvalue weighted by molar-refractivity contribution is 5.77. The molecule has 0 aliphatic rings. The summed E-state index contributed by atoms with van der Waals surface area (Å²) in [5.74, 6) is 0.254. The van der Waals surface area contributed by atoms with Crippen LogP contribution < -0.4 is 11.1 Å². The summed E-state index contributed by atoms with van der Waals surface area (Å²) in [5.41, 5.74) is 6.51. The normalized spacial score (nSPS) is 13.3. The molecule has 3 N–H and O–H groups in total. The van der Waals surface area contributed by atoms with E-state index in [0.717, 1.165) is 6.42 Å². The summed E-state index contributed by atoms with van der Waals surface area (Å²) in [6, 6.07) is 2.17. The fourth-order valence-corrected chi connectivity index (χ4v) is 1.55. The summed E-state index contributed by atoms with van der Waals surface area (Å²) in [6.07, 6.45) is 7.52. The average molecular weight is 249 g/mol. The zero-order chi connectivity index (χ0) is 13.8. The van der Waals surface area contributed by atoms with Gasteiger partial charge in [0.05, 0.1) is 6.07 Å². The molecular formula is C14H23N3O. The molecule has 0 aliphatic carbocycles. The number of carbonyl (C=O) groups is 1. The molecule has 0 rings (SSSR count). The third kappa shape index (κ3) is 7.64. The van der Waals surface area contributed by atoms with Crippen LogP contribution in [0.1, 0.15) is 33.1 Å². The molecule has 0 fully saturated rings. The second-order valence-electron chi connectivity index (χ2n) is 4.13. The topological polar surface area (TPSA) is 78.9 Å². The van der Waals surface area contributed by atoms with E-state index in [4.69, 9.17) is 11.0 Å². The number of amides is 1. The first-order valence-electron chi connectivity index (χ1n) is 6.35. The third-order valence-electron chi connectivity index (χ3n) is 2.65. The summed E-state index contributed by atoms with van der Waals surface area (Å²) in [4.78, 5) is 11.3. The van der Waals surface area contributed by atoms with E-state index in [0.29, 0.717) is 25.9 Å². The van der Waals surface area contributed by atoms with Crippen LogP contribution in [0.4, 0.5) is 0 Å². The van der Waals surface area contributed by atoms with Gasteiger partial charge in [-0.3, -0.25) is 4.79 Å². The van der Waals surface area contributed by atoms with Crippen molar-refractivity contribution in [3.05, 3.63) is 23.8 Å². The zero-order valence-corrected chi connectivity index (χ0v) is 11.3. The van der Waals surface area contributed by atoms with Crippen molar-refractivity contribution >= 4 is 5.91 Å². The van der Waals surface area contributed by atoms with Crippen molar-refractivity contribution in [1.82, 2.24) is 5.32 Å². The van der Waals surface area contributed by atoms with Crippen LogP contribution in [-0.4, -0.2) is 19.0 Å². The van der Waals surface area contributed by atoms with Gasteiger partial charge in [-0.25, -0.2) is 0 Å². The van der Waals surface area contributed by atoms with Crippen molar-refractivity contribution in [1.29, 1.82) is 5.26 Å². The summed E-state index contributed by atoms with van der Waals surface area (Å²) in [5, 5.41) is 11.3. The number of nitrogens with zero attached hydrogens (tertiary/aromatic N) is 1. The smallest absolute Gasteiger partial charge is 0.223 e. The monoisotopic (exact) mass is 249 g/mol. The number of nitrogens with two attached hydrogens (primary N) is 1. The quantitative estimate of drug-likeness (QED) is 0.645. The van der Waals surface area contributed by atoms with Crippen molar-refractivity contribution in [3.8, 4) is 6.07 Å². The van der Waals surface area contributed by atoms with Crippen LogP contribution in [-0.2, 0) is 4.79 Å². The van der Waals surface area contributed by atoms with E-state index in [1.807, 2.05) is 25.2 Å². The molecule has 0 aromatic heterocycles. The second kappa shape index (κ2) is 10.5. The van der Waals surface area contributed by atoms with Crippen molar-refractivity contribution in [2.45, 2.75) is 33.1 Å². The Kier molecular flexibility index (Phi) is 9.61. The second-order valence-corrected chi connectivity index (χ2v) is 4.13. The number of hydrogen-bond donors (Lipinski definition) is 2. The highest BCUT2D eigenvalue weighted by atomic mass is 16.1. The molecule has 100 valence electrons. The standard InChI is InChI=1S/C14H23N3O/c1-3-13(12(2)8-9-15)6-4-5-7-14(18)17-11-10-16/h4-6,12H,3,7-8,10-11,16H2,1-2H3,(H,17,18)/b5-4-,13-6+/t12-/m1/s1. The lowest BCUT2D eigenvalue weighted by Gasteiger charge is -2.09. The molecule has 1 amide bonds. The van der Waals surface area contributed by atoms with Gasteiger partial charge >= 0.3 is 0 Å². The molecule has 0 aromatic rings. The molecule has 1 atom stereocenters. The predicted octanol–water partition coefficient (Wildman–Crippen LogP) is 1.89. The number of carbonyl (C=O) groups excluding carboxylic acids is 1. The van der Waals surface area contributed by atoms with E-state index in [9.17, 15) is 4.79 Å². The Balaban J connectivity index is 4.17. The lowest BCUT2D eigenvalue weighted by Crippen LogP contribution is -2.28. The van der Waals surface area contributed by atoms with Gasteiger partial charge in [0.1, 0.15) is 0 Å². The Bertz CT molecular complexity index is 339. The minimum absolute atomic E-state index is 0.0202. The van der Waals surface area contributed by atoms with Gasteiger partial charge in [0.25, 0.3) is 0 Å². The Morgan fingerprint density at radius 2 is 2.28 bits per heavy atom. The zero-order valence-electron chi connectivity index (χ0n) is 11.3. The molecule has 0 saturated heterocycles. The SMILES string of the molecule is CC/C(=C\C=C/CC(=O)NCCN)[C@H](C)CC#N. The Morgan fingerprint density at radius 1 is 1.56 bits per heavy atom. The number of hydrogen-bond acceptors (Lipinski definition) is 3. The molecule has 0 aromatic carbocycles. The Hall–Kier alpha value is -1.60. The fourth-order valence-electron chi connectivity index (χ4n) is 1.55. The minimum atomic E-state index is -0.0202. The molecule has 0 bridgehead atoms. The van der Waals surface area contributed by atoms with E-state index >= 15 is 0 Å². The molecule has 0 radical (unpaired) electrons. The Morgan fingerprint density at radius 3 is 2.83 bits per heavy atom. The van der Waals surface area contributed by atoms with Gasteiger partial charge in [0.15, 0.2) is 0 Å². The number of rotatable bonds is 8. The molecule has 0 aliphatic heterocycles. The first-order chi connectivity index (χ1) is 8.65. The van der Waals surface area contributed by atoms with Gasteiger partial charge in [0.2, 0.25) is 5.91 Å². The van der Waals surface area contributed by atoms with Crippen molar-refractivity contribution in [2.24, 2.45) is 11.7 Å². The van der Waals surface area contributed by atoms with E-state index in [1.54, 1.807) is 0 Å². The third-order valence-corrected chi connectivity index (χ3v) is 2.65. The molecule has 4 nitrogen and oxygen atoms in total. The van der Waals surface area contributed by atoms with E-state index in [2.05, 4.69) is 18.3 Å². The predicted molar refractivity (Wildman–Crippen MR) is 73.6 cm³/mol. The Labute approximate surface area is 110 Å². The first-order valence-corrected chi connectivity index (χ1v) is 6.35. The molecule has 0 unspecified atom stereocenters.